The van der Waals surface area contributed by atoms with E-state index in [4.69, 9.17) is 0 Å². The lowest BCUT2D eigenvalue weighted by Crippen LogP contribution is -2.19. The number of rotatable bonds is 1. The Morgan fingerprint density at radius 2 is 2.31 bits per heavy atom. The highest BCUT2D eigenvalue weighted by atomic mass is 15.1. The molecule has 0 radical (unpaired) electrons. The molecule has 0 fully saturated rings. The predicted molar refractivity (Wildman–Crippen MR) is 53.8 cm³/mol. The van der Waals surface area contributed by atoms with Gasteiger partial charge in [0.15, 0.2) is 0 Å². The molecule has 2 heterocycles. The lowest BCUT2D eigenvalue weighted by Gasteiger charge is -2.22. The van der Waals surface area contributed by atoms with Crippen molar-refractivity contribution in [2.75, 3.05) is 0 Å². The van der Waals surface area contributed by atoms with Crippen LogP contribution in [0.25, 0.3) is 0 Å². The molecule has 0 bridgehead atoms. The summed E-state index contributed by atoms with van der Waals surface area (Å²) in [7, 11) is 0. The third kappa shape index (κ3) is 1.50. The number of imidazole rings is 1. The Balaban J connectivity index is 2.33. The van der Waals surface area contributed by atoms with Gasteiger partial charge in [-0.2, -0.15) is 0 Å². The van der Waals surface area contributed by atoms with Crippen molar-refractivity contribution in [2.45, 2.75) is 46.1 Å². The average molecular weight is 178 g/mol. The van der Waals surface area contributed by atoms with Crippen LogP contribution < -0.4 is 0 Å². The molecule has 1 aliphatic rings. The fourth-order valence-corrected chi connectivity index (χ4v) is 2.07. The second-order valence-electron chi connectivity index (χ2n) is 4.50. The number of nitrogens with zero attached hydrogens (tertiary/aromatic N) is 2. The molecule has 2 nitrogen and oxygen atoms in total. The maximum Gasteiger partial charge on any atom is 0.109 e. The van der Waals surface area contributed by atoms with Crippen LogP contribution in [0, 0.1) is 5.92 Å². The third-order valence-electron chi connectivity index (χ3n) is 2.94. The van der Waals surface area contributed by atoms with Crippen LogP contribution in [-0.2, 0) is 13.0 Å². The van der Waals surface area contributed by atoms with Crippen molar-refractivity contribution in [1.82, 2.24) is 9.55 Å². The van der Waals surface area contributed by atoms with Crippen molar-refractivity contribution in [1.29, 1.82) is 0 Å². The molecule has 0 saturated carbocycles. The first-order chi connectivity index (χ1) is 6.18. The highest BCUT2D eigenvalue weighted by Gasteiger charge is 2.19. The Morgan fingerprint density at radius 1 is 1.54 bits per heavy atom. The molecule has 1 aliphatic heterocycles. The van der Waals surface area contributed by atoms with Gasteiger partial charge in [-0.1, -0.05) is 20.8 Å². The average Bonchev–Trinajstić information content (AvgIpc) is 2.46. The van der Waals surface area contributed by atoms with Gasteiger partial charge < -0.3 is 4.57 Å². The molecule has 0 aromatic carbocycles. The summed E-state index contributed by atoms with van der Waals surface area (Å²) in [5, 5.41) is 0. The number of fused-ring (bicyclic) bond motifs is 1. The summed E-state index contributed by atoms with van der Waals surface area (Å²) in [4.78, 5) is 4.49. The van der Waals surface area contributed by atoms with Gasteiger partial charge >= 0.3 is 0 Å². The van der Waals surface area contributed by atoms with E-state index in [-0.39, 0.29) is 0 Å². The summed E-state index contributed by atoms with van der Waals surface area (Å²) < 4.78 is 2.41. The Bertz CT molecular complexity index is 299. The zero-order valence-corrected chi connectivity index (χ0v) is 8.75. The van der Waals surface area contributed by atoms with Crippen LogP contribution in [0.3, 0.4) is 0 Å². The van der Waals surface area contributed by atoms with E-state index < -0.39 is 0 Å². The van der Waals surface area contributed by atoms with Gasteiger partial charge in [-0.15, -0.1) is 0 Å². The number of hydrogen-bond acceptors (Lipinski definition) is 1. The van der Waals surface area contributed by atoms with Crippen molar-refractivity contribution in [3.05, 3.63) is 17.7 Å². The van der Waals surface area contributed by atoms with Crippen LogP contribution in [-0.4, -0.2) is 9.55 Å². The van der Waals surface area contributed by atoms with Crippen molar-refractivity contribution < 1.29 is 0 Å². The Morgan fingerprint density at radius 3 is 3.00 bits per heavy atom. The summed E-state index contributed by atoms with van der Waals surface area (Å²) in [6.45, 7) is 7.96. The minimum atomic E-state index is 0.606. The molecule has 0 spiro atoms. The molecule has 2 heteroatoms. The SMILES string of the molecule is CC1CCn2c(C(C)C)cnc2C1. The summed E-state index contributed by atoms with van der Waals surface area (Å²) in [6, 6.07) is 0. The second kappa shape index (κ2) is 3.17. The topological polar surface area (TPSA) is 17.8 Å². The zero-order valence-electron chi connectivity index (χ0n) is 8.75. The van der Waals surface area contributed by atoms with Crippen LogP contribution >= 0.6 is 0 Å². The van der Waals surface area contributed by atoms with E-state index in [1.165, 1.54) is 24.5 Å². The molecule has 13 heavy (non-hydrogen) atoms. The Hall–Kier alpha value is -0.790. The van der Waals surface area contributed by atoms with Crippen LogP contribution in [0.1, 0.15) is 44.6 Å². The molecule has 2 rings (SSSR count). The van der Waals surface area contributed by atoms with Crippen molar-refractivity contribution in [3.8, 4) is 0 Å². The maximum atomic E-state index is 4.49. The van der Waals surface area contributed by atoms with Gasteiger partial charge in [0.05, 0.1) is 0 Å². The first-order valence-electron chi connectivity index (χ1n) is 5.22. The summed E-state index contributed by atoms with van der Waals surface area (Å²) in [5.41, 5.74) is 1.40. The van der Waals surface area contributed by atoms with Crippen molar-refractivity contribution in [2.24, 2.45) is 5.92 Å². The lowest BCUT2D eigenvalue weighted by atomic mass is 10.00. The molecule has 72 valence electrons. The fraction of sp³-hybridized carbons (Fsp3) is 0.727. The van der Waals surface area contributed by atoms with E-state index in [2.05, 4.69) is 36.5 Å². The smallest absolute Gasteiger partial charge is 0.109 e. The molecule has 0 N–H and O–H groups in total. The molecule has 1 aromatic heterocycles. The molecular weight excluding hydrogens is 160 g/mol. The van der Waals surface area contributed by atoms with E-state index >= 15 is 0 Å². The van der Waals surface area contributed by atoms with Crippen molar-refractivity contribution in [3.63, 3.8) is 0 Å². The Kier molecular flexibility index (Phi) is 2.14. The van der Waals surface area contributed by atoms with Crippen LogP contribution in [0.15, 0.2) is 6.20 Å². The van der Waals surface area contributed by atoms with E-state index in [0.717, 1.165) is 12.3 Å². The number of hydrogen-bond donors (Lipinski definition) is 0. The van der Waals surface area contributed by atoms with E-state index in [1.807, 2.05) is 0 Å². The first-order valence-corrected chi connectivity index (χ1v) is 5.22. The third-order valence-corrected chi connectivity index (χ3v) is 2.94. The molecule has 1 aromatic rings. The molecule has 0 amide bonds. The van der Waals surface area contributed by atoms with Crippen LogP contribution in [0.4, 0.5) is 0 Å². The quantitative estimate of drug-likeness (QED) is 0.646. The van der Waals surface area contributed by atoms with Gasteiger partial charge in [0.25, 0.3) is 0 Å². The highest BCUT2D eigenvalue weighted by molar-refractivity contribution is 5.11. The molecule has 1 atom stereocenters. The lowest BCUT2D eigenvalue weighted by molar-refractivity contribution is 0.400. The second-order valence-corrected chi connectivity index (χ2v) is 4.50. The summed E-state index contributed by atoms with van der Waals surface area (Å²) in [6.07, 6.45) is 4.52. The van der Waals surface area contributed by atoms with Gasteiger partial charge in [0.1, 0.15) is 5.82 Å². The minimum absolute atomic E-state index is 0.606. The predicted octanol–water partition coefficient (Wildman–Crippen LogP) is 2.59. The molecule has 1 unspecified atom stereocenters. The largest absolute Gasteiger partial charge is 0.332 e. The van der Waals surface area contributed by atoms with Gasteiger partial charge in [-0.25, -0.2) is 4.98 Å². The van der Waals surface area contributed by atoms with Gasteiger partial charge in [0, 0.05) is 24.9 Å². The zero-order chi connectivity index (χ0) is 9.42. The standard InChI is InChI=1S/C11H18N2/c1-8(2)10-7-12-11-6-9(3)4-5-13(10)11/h7-9H,4-6H2,1-3H3. The van der Waals surface area contributed by atoms with E-state index in [1.54, 1.807) is 0 Å². The van der Waals surface area contributed by atoms with E-state index in [0.29, 0.717) is 5.92 Å². The Labute approximate surface area is 80.0 Å². The summed E-state index contributed by atoms with van der Waals surface area (Å²) in [5.74, 6) is 2.71. The summed E-state index contributed by atoms with van der Waals surface area (Å²) >= 11 is 0. The maximum absolute atomic E-state index is 4.49. The van der Waals surface area contributed by atoms with Gasteiger partial charge in [0.2, 0.25) is 0 Å². The molecular formula is C11H18N2. The van der Waals surface area contributed by atoms with Gasteiger partial charge in [-0.05, 0) is 18.3 Å². The van der Waals surface area contributed by atoms with E-state index in [9.17, 15) is 0 Å². The monoisotopic (exact) mass is 178 g/mol. The normalized spacial score (nSPS) is 22.0. The molecule has 0 saturated heterocycles. The minimum Gasteiger partial charge on any atom is -0.332 e. The van der Waals surface area contributed by atoms with Crippen LogP contribution in [0.2, 0.25) is 0 Å². The van der Waals surface area contributed by atoms with Crippen LogP contribution in [0.5, 0.6) is 0 Å². The number of aromatic nitrogens is 2. The highest BCUT2D eigenvalue weighted by Crippen LogP contribution is 2.24. The fourth-order valence-electron chi connectivity index (χ4n) is 2.07. The molecule has 0 aliphatic carbocycles. The first kappa shape index (κ1) is 8.79. The van der Waals surface area contributed by atoms with Crippen molar-refractivity contribution >= 4 is 0 Å². The van der Waals surface area contributed by atoms with Gasteiger partial charge in [-0.3, -0.25) is 0 Å².